The number of hydrogen-bond donors (Lipinski definition) is 1. The third-order valence-electron chi connectivity index (χ3n) is 3.76. The summed E-state index contributed by atoms with van der Waals surface area (Å²) in [5.41, 5.74) is 4.15. The van der Waals surface area contributed by atoms with Gasteiger partial charge >= 0.3 is 0 Å². The van der Waals surface area contributed by atoms with Crippen molar-refractivity contribution in [2.75, 3.05) is 7.11 Å². The molecule has 0 amide bonds. The predicted molar refractivity (Wildman–Crippen MR) is 84.0 cm³/mol. The normalized spacial score (nSPS) is 13.7. The Balaban J connectivity index is 1.49. The van der Waals surface area contributed by atoms with Crippen LogP contribution in [0.3, 0.4) is 0 Å². The molecule has 20 heavy (non-hydrogen) atoms. The van der Waals surface area contributed by atoms with Crippen LogP contribution >= 0.6 is 11.3 Å². The topological polar surface area (TPSA) is 21.3 Å². The van der Waals surface area contributed by atoms with Gasteiger partial charge in [0.1, 0.15) is 0 Å². The zero-order valence-corrected chi connectivity index (χ0v) is 12.8. The van der Waals surface area contributed by atoms with Gasteiger partial charge < -0.3 is 10.1 Å². The molecule has 1 aromatic carbocycles. The summed E-state index contributed by atoms with van der Waals surface area (Å²) in [6.45, 7) is 2.60. The molecule has 1 aliphatic carbocycles. The quantitative estimate of drug-likeness (QED) is 0.875. The molecule has 3 rings (SSSR count). The van der Waals surface area contributed by atoms with Crippen LogP contribution in [-0.4, -0.2) is 7.11 Å². The number of nitrogens with one attached hydrogen (secondary N) is 1. The Kier molecular flexibility index (Phi) is 4.51. The molecule has 1 heterocycles. The van der Waals surface area contributed by atoms with E-state index in [-0.39, 0.29) is 0 Å². The molecule has 1 aliphatic rings. The molecule has 3 heteroatoms. The highest BCUT2D eigenvalue weighted by molar-refractivity contribution is 7.12. The van der Waals surface area contributed by atoms with E-state index < -0.39 is 0 Å². The molecule has 0 saturated carbocycles. The lowest BCUT2D eigenvalue weighted by Gasteiger charge is -2.05. The minimum atomic E-state index is 0.689. The summed E-state index contributed by atoms with van der Waals surface area (Å²) < 4.78 is 5.12. The highest BCUT2D eigenvalue weighted by Gasteiger charge is 2.14. The maximum atomic E-state index is 5.12. The first kappa shape index (κ1) is 13.8. The molecule has 2 nitrogen and oxygen atoms in total. The average molecular weight is 287 g/mol. The van der Waals surface area contributed by atoms with Gasteiger partial charge in [-0.25, -0.2) is 0 Å². The number of aryl methyl sites for hydroxylation is 2. The van der Waals surface area contributed by atoms with E-state index in [1.54, 1.807) is 17.6 Å². The summed E-state index contributed by atoms with van der Waals surface area (Å²) >= 11 is 1.99. The standard InChI is InChI=1S/C17H21NOS/c1-19-12-14-7-5-13(6-8-14)10-18-11-16-9-15-3-2-4-17(15)20-16/h5-9,18H,2-4,10-12H2,1H3. The molecule has 0 spiro atoms. The minimum Gasteiger partial charge on any atom is -0.380 e. The Morgan fingerprint density at radius 3 is 2.65 bits per heavy atom. The second kappa shape index (κ2) is 6.53. The Bertz CT molecular complexity index is 537. The first-order valence-electron chi connectivity index (χ1n) is 7.23. The van der Waals surface area contributed by atoms with Crippen LogP contribution in [0.25, 0.3) is 0 Å². The van der Waals surface area contributed by atoms with Crippen molar-refractivity contribution in [3.8, 4) is 0 Å². The molecule has 0 radical (unpaired) electrons. The van der Waals surface area contributed by atoms with Gasteiger partial charge in [0.15, 0.2) is 0 Å². The van der Waals surface area contributed by atoms with Crippen LogP contribution in [0.5, 0.6) is 0 Å². The van der Waals surface area contributed by atoms with Crippen molar-refractivity contribution in [3.05, 3.63) is 56.8 Å². The summed E-state index contributed by atoms with van der Waals surface area (Å²) in [7, 11) is 1.73. The van der Waals surface area contributed by atoms with Crippen molar-refractivity contribution < 1.29 is 4.74 Å². The second-order valence-electron chi connectivity index (χ2n) is 5.37. The van der Waals surface area contributed by atoms with Gasteiger partial charge in [-0.3, -0.25) is 0 Å². The highest BCUT2D eigenvalue weighted by Crippen LogP contribution is 2.30. The van der Waals surface area contributed by atoms with Gasteiger partial charge in [-0.05, 0) is 42.0 Å². The number of ether oxygens (including phenoxy) is 1. The molecule has 0 saturated heterocycles. The molecular formula is C17H21NOS. The smallest absolute Gasteiger partial charge is 0.0713 e. The second-order valence-corrected chi connectivity index (χ2v) is 6.59. The zero-order chi connectivity index (χ0) is 13.8. The minimum absolute atomic E-state index is 0.689. The van der Waals surface area contributed by atoms with E-state index in [1.165, 1.54) is 35.3 Å². The third kappa shape index (κ3) is 3.29. The number of thiophene rings is 1. The molecule has 2 aromatic rings. The van der Waals surface area contributed by atoms with Crippen molar-refractivity contribution in [1.29, 1.82) is 0 Å². The van der Waals surface area contributed by atoms with Crippen molar-refractivity contribution in [1.82, 2.24) is 5.32 Å². The maximum absolute atomic E-state index is 5.12. The number of hydrogen-bond acceptors (Lipinski definition) is 3. The van der Waals surface area contributed by atoms with Crippen molar-refractivity contribution in [2.45, 2.75) is 39.0 Å². The SMILES string of the molecule is COCc1ccc(CNCc2cc3c(s2)CCC3)cc1. The number of fused-ring (bicyclic) bond motifs is 1. The van der Waals surface area contributed by atoms with Crippen molar-refractivity contribution in [2.24, 2.45) is 0 Å². The van der Waals surface area contributed by atoms with E-state index in [9.17, 15) is 0 Å². The Labute approximate surface area is 124 Å². The Morgan fingerprint density at radius 1 is 1.10 bits per heavy atom. The molecule has 0 atom stereocenters. The first-order chi connectivity index (χ1) is 9.85. The monoisotopic (exact) mass is 287 g/mol. The number of benzene rings is 1. The van der Waals surface area contributed by atoms with Gasteiger partial charge in [-0.2, -0.15) is 0 Å². The Hall–Kier alpha value is -1.16. The summed E-state index contributed by atoms with van der Waals surface area (Å²) in [6.07, 6.45) is 3.93. The largest absolute Gasteiger partial charge is 0.380 e. The molecule has 0 fully saturated rings. The van der Waals surface area contributed by atoms with Crippen LogP contribution in [0.2, 0.25) is 0 Å². The van der Waals surface area contributed by atoms with Gasteiger partial charge in [-0.1, -0.05) is 24.3 Å². The van der Waals surface area contributed by atoms with E-state index in [2.05, 4.69) is 35.6 Å². The molecular weight excluding hydrogens is 266 g/mol. The number of methoxy groups -OCH3 is 1. The third-order valence-corrected chi connectivity index (χ3v) is 5.00. The van der Waals surface area contributed by atoms with Crippen LogP contribution in [-0.2, 0) is 37.3 Å². The van der Waals surface area contributed by atoms with E-state index in [1.807, 2.05) is 11.3 Å². The molecule has 1 aromatic heterocycles. The van der Waals surface area contributed by atoms with Crippen LogP contribution in [0, 0.1) is 0 Å². The highest BCUT2D eigenvalue weighted by atomic mass is 32.1. The number of rotatable bonds is 6. The lowest BCUT2D eigenvalue weighted by molar-refractivity contribution is 0.185. The van der Waals surface area contributed by atoms with Crippen molar-refractivity contribution >= 4 is 11.3 Å². The lowest BCUT2D eigenvalue weighted by Crippen LogP contribution is -2.11. The molecule has 106 valence electrons. The average Bonchev–Trinajstić information content (AvgIpc) is 3.02. The predicted octanol–water partition coefficient (Wildman–Crippen LogP) is 3.67. The van der Waals surface area contributed by atoms with Gasteiger partial charge in [-0.15, -0.1) is 11.3 Å². The van der Waals surface area contributed by atoms with Gasteiger partial charge in [0, 0.05) is 30.0 Å². The van der Waals surface area contributed by atoms with E-state index in [4.69, 9.17) is 4.74 Å². The van der Waals surface area contributed by atoms with Gasteiger partial charge in [0.25, 0.3) is 0 Å². The van der Waals surface area contributed by atoms with E-state index >= 15 is 0 Å². The first-order valence-corrected chi connectivity index (χ1v) is 8.05. The van der Waals surface area contributed by atoms with Gasteiger partial charge in [0.2, 0.25) is 0 Å². The summed E-state index contributed by atoms with van der Waals surface area (Å²) in [4.78, 5) is 3.09. The Morgan fingerprint density at radius 2 is 1.90 bits per heavy atom. The fraction of sp³-hybridized carbons (Fsp3) is 0.412. The van der Waals surface area contributed by atoms with E-state index in [0.29, 0.717) is 6.61 Å². The summed E-state index contributed by atoms with van der Waals surface area (Å²) in [6, 6.07) is 11.0. The molecule has 1 N–H and O–H groups in total. The zero-order valence-electron chi connectivity index (χ0n) is 11.9. The molecule has 0 aliphatic heterocycles. The van der Waals surface area contributed by atoms with Crippen LogP contribution in [0.15, 0.2) is 30.3 Å². The van der Waals surface area contributed by atoms with Crippen LogP contribution in [0.4, 0.5) is 0 Å². The van der Waals surface area contributed by atoms with Crippen molar-refractivity contribution in [3.63, 3.8) is 0 Å². The van der Waals surface area contributed by atoms with Gasteiger partial charge in [0.05, 0.1) is 6.61 Å². The summed E-state index contributed by atoms with van der Waals surface area (Å²) in [5.74, 6) is 0. The fourth-order valence-corrected chi connectivity index (χ4v) is 3.96. The summed E-state index contributed by atoms with van der Waals surface area (Å²) in [5, 5.41) is 3.54. The molecule has 0 unspecified atom stereocenters. The molecule has 0 bridgehead atoms. The maximum Gasteiger partial charge on any atom is 0.0713 e. The van der Waals surface area contributed by atoms with Crippen LogP contribution in [0.1, 0.15) is 32.9 Å². The van der Waals surface area contributed by atoms with Crippen LogP contribution < -0.4 is 5.32 Å². The fourth-order valence-electron chi connectivity index (χ4n) is 2.73. The van der Waals surface area contributed by atoms with E-state index in [0.717, 1.165) is 13.1 Å². The lowest BCUT2D eigenvalue weighted by atomic mass is 10.1.